The third kappa shape index (κ3) is 3.46. The van der Waals surface area contributed by atoms with Crippen LogP contribution in [0.3, 0.4) is 0 Å². The summed E-state index contributed by atoms with van der Waals surface area (Å²) in [5, 5.41) is 28.0. The molecular weight excluding hydrogens is 440 g/mol. The number of allylic oxidation sites excluding steroid dienone is 3. The summed E-state index contributed by atoms with van der Waals surface area (Å²) in [6.45, 7) is 0. The summed E-state index contributed by atoms with van der Waals surface area (Å²) in [5.74, 6) is -0.147. The van der Waals surface area contributed by atoms with Crippen molar-refractivity contribution < 1.29 is 4.79 Å². The van der Waals surface area contributed by atoms with Crippen LogP contribution in [0, 0.1) is 22.7 Å². The number of Topliss-reactive ketones (excluding diaryl/α,β-unsaturated/α-hetero) is 1. The van der Waals surface area contributed by atoms with Crippen molar-refractivity contribution in [2.24, 2.45) is 5.73 Å². The number of hydrogen-bond acceptors (Lipinski definition) is 9. The van der Waals surface area contributed by atoms with E-state index in [0.29, 0.717) is 44.9 Å². The summed E-state index contributed by atoms with van der Waals surface area (Å²) in [5.41, 5.74) is 8.71. The average Bonchev–Trinajstić information content (AvgIpc) is 3.20. The van der Waals surface area contributed by atoms with Crippen LogP contribution in [-0.2, 0) is 4.79 Å². The first-order valence-corrected chi connectivity index (χ1v) is 11.3. The molecule has 2 aromatic rings. The molecule has 0 spiro atoms. The van der Waals surface area contributed by atoms with Crippen molar-refractivity contribution in [3.05, 3.63) is 57.5 Å². The summed E-state index contributed by atoms with van der Waals surface area (Å²) < 4.78 is 0.621. The molecule has 0 saturated carbocycles. The molecule has 0 amide bonds. The van der Waals surface area contributed by atoms with Crippen molar-refractivity contribution in [1.82, 2.24) is 10.2 Å². The van der Waals surface area contributed by atoms with Crippen LogP contribution < -0.4 is 10.6 Å². The number of rotatable bonds is 4. The second-order valence-electron chi connectivity index (χ2n) is 6.64. The largest absolute Gasteiger partial charge is 0.384 e. The predicted octanol–water partition coefficient (Wildman–Crippen LogP) is 4.11. The highest BCUT2D eigenvalue weighted by molar-refractivity contribution is 8.01. The molecule has 1 unspecified atom stereocenters. The number of nitrogens with two attached hydrogens (primary N) is 1. The quantitative estimate of drug-likeness (QED) is 0.685. The number of hydrogen-bond donors (Lipinski definition) is 1. The third-order valence-electron chi connectivity index (χ3n) is 4.98. The summed E-state index contributed by atoms with van der Waals surface area (Å²) >= 11 is 8.99. The molecule has 2 heterocycles. The van der Waals surface area contributed by atoms with Crippen LogP contribution in [0.15, 0.2) is 51.3 Å². The van der Waals surface area contributed by atoms with Crippen LogP contribution in [0.25, 0.3) is 0 Å². The number of nitrogens with zero attached hydrogens (tertiary/aromatic N) is 5. The number of nitriles is 2. The molecule has 0 fully saturated rings. The van der Waals surface area contributed by atoms with Crippen LogP contribution in [0.5, 0.6) is 0 Å². The Morgan fingerprint density at radius 3 is 2.83 bits per heavy atom. The second-order valence-corrected chi connectivity index (χ2v) is 9.22. The maximum absolute atomic E-state index is 13.0. The van der Waals surface area contributed by atoms with E-state index in [9.17, 15) is 10.1 Å². The molecule has 10 heteroatoms. The van der Waals surface area contributed by atoms with E-state index < -0.39 is 5.92 Å². The van der Waals surface area contributed by atoms with Crippen LogP contribution in [0.4, 0.5) is 5.13 Å². The van der Waals surface area contributed by atoms with Gasteiger partial charge < -0.3 is 5.73 Å². The van der Waals surface area contributed by atoms with Crippen LogP contribution >= 0.6 is 34.7 Å². The highest BCUT2D eigenvalue weighted by Crippen LogP contribution is 2.48. The van der Waals surface area contributed by atoms with E-state index in [1.807, 2.05) is 12.1 Å². The molecule has 1 atom stereocenters. The van der Waals surface area contributed by atoms with Crippen LogP contribution in [0.2, 0.25) is 5.02 Å². The fourth-order valence-corrected chi connectivity index (χ4v) is 5.56. The number of thioether (sulfide) groups is 1. The van der Waals surface area contributed by atoms with Gasteiger partial charge in [-0.2, -0.15) is 10.5 Å². The summed E-state index contributed by atoms with van der Waals surface area (Å²) in [4.78, 5) is 14.7. The molecule has 2 aliphatic rings. The summed E-state index contributed by atoms with van der Waals surface area (Å²) in [7, 11) is 0. The molecule has 4 rings (SSSR count). The number of carbonyl (C=O) groups is 1. The first kappa shape index (κ1) is 20.4. The Morgan fingerprint density at radius 2 is 2.10 bits per heavy atom. The minimum atomic E-state index is -0.608. The molecule has 0 saturated heterocycles. The Bertz CT molecular complexity index is 1170. The molecule has 1 aliphatic heterocycles. The smallest absolute Gasteiger partial charge is 0.219 e. The molecule has 0 radical (unpaired) electrons. The third-order valence-corrected chi connectivity index (χ3v) is 7.23. The van der Waals surface area contributed by atoms with Gasteiger partial charge in [0.1, 0.15) is 5.82 Å². The highest BCUT2D eigenvalue weighted by Gasteiger charge is 2.41. The van der Waals surface area contributed by atoms with Crippen molar-refractivity contribution in [3.63, 3.8) is 0 Å². The zero-order chi connectivity index (χ0) is 21.3. The van der Waals surface area contributed by atoms with Crippen molar-refractivity contribution >= 4 is 45.6 Å². The summed E-state index contributed by atoms with van der Waals surface area (Å²) in [6.07, 6.45) is 1.72. The van der Waals surface area contributed by atoms with Gasteiger partial charge in [-0.05, 0) is 24.5 Å². The highest BCUT2D eigenvalue weighted by atomic mass is 35.5. The zero-order valence-electron chi connectivity index (χ0n) is 15.6. The zero-order valence-corrected chi connectivity index (χ0v) is 18.0. The van der Waals surface area contributed by atoms with Crippen molar-refractivity contribution in [1.29, 1.82) is 10.5 Å². The molecule has 1 aromatic heterocycles. The minimum absolute atomic E-state index is 0.0185. The summed E-state index contributed by atoms with van der Waals surface area (Å²) in [6, 6.07) is 11.5. The molecule has 150 valence electrons. The average molecular weight is 455 g/mol. The van der Waals surface area contributed by atoms with Gasteiger partial charge >= 0.3 is 0 Å². The fraction of sp³-hybridized carbons (Fsp3) is 0.250. The second kappa shape index (κ2) is 8.49. The van der Waals surface area contributed by atoms with Crippen LogP contribution in [0.1, 0.15) is 30.7 Å². The van der Waals surface area contributed by atoms with Crippen molar-refractivity contribution in [2.75, 3.05) is 10.7 Å². The molecule has 7 nitrogen and oxygen atoms in total. The monoisotopic (exact) mass is 454 g/mol. The number of ketones is 1. The lowest BCUT2D eigenvalue weighted by Crippen LogP contribution is -2.38. The van der Waals surface area contributed by atoms with Gasteiger partial charge in [-0.15, -0.1) is 10.2 Å². The lowest BCUT2D eigenvalue weighted by atomic mass is 9.76. The van der Waals surface area contributed by atoms with Gasteiger partial charge in [0.25, 0.3) is 0 Å². The standard InChI is InChI=1S/C20H15ClN6OS2/c21-13-5-2-1-4-11(13)16-12(10-23)18(24)27(14-6-3-7-15(28)17(14)16)19-25-26-20(30-19)29-9-8-22/h1-2,4-5,16H,3,6-7,9,24H2. The number of aromatic nitrogens is 2. The molecule has 1 aromatic carbocycles. The molecule has 0 bridgehead atoms. The van der Waals surface area contributed by atoms with Crippen LogP contribution in [-0.4, -0.2) is 21.7 Å². The fourth-order valence-electron chi connectivity index (χ4n) is 3.77. The van der Waals surface area contributed by atoms with Gasteiger partial charge in [-0.1, -0.05) is 52.9 Å². The molecule has 30 heavy (non-hydrogen) atoms. The van der Waals surface area contributed by atoms with E-state index in [1.54, 1.807) is 17.0 Å². The SMILES string of the molecule is N#CCSc1nnc(N2C(N)=C(C#N)C(c3ccccc3Cl)C3=C2CCCC3=O)s1. The van der Waals surface area contributed by atoms with Gasteiger partial charge in [-0.25, -0.2) is 0 Å². The van der Waals surface area contributed by atoms with Crippen molar-refractivity contribution in [2.45, 2.75) is 29.5 Å². The molecular formula is C20H15ClN6OS2. The lowest BCUT2D eigenvalue weighted by molar-refractivity contribution is -0.116. The lowest BCUT2D eigenvalue weighted by Gasteiger charge is -2.38. The minimum Gasteiger partial charge on any atom is -0.384 e. The maximum Gasteiger partial charge on any atom is 0.219 e. The van der Waals surface area contributed by atoms with Crippen molar-refractivity contribution in [3.8, 4) is 12.1 Å². The Morgan fingerprint density at radius 1 is 1.30 bits per heavy atom. The van der Waals surface area contributed by atoms with Gasteiger partial charge in [0.15, 0.2) is 10.1 Å². The number of carbonyl (C=O) groups excluding carboxylic acids is 1. The van der Waals surface area contributed by atoms with E-state index in [2.05, 4.69) is 22.3 Å². The van der Waals surface area contributed by atoms with E-state index >= 15 is 0 Å². The number of halogens is 1. The number of benzene rings is 1. The van der Waals surface area contributed by atoms with Gasteiger partial charge in [0.05, 0.1) is 29.4 Å². The van der Waals surface area contributed by atoms with E-state index in [4.69, 9.17) is 22.6 Å². The topological polar surface area (TPSA) is 120 Å². The molecule has 1 aliphatic carbocycles. The maximum atomic E-state index is 13.0. The Kier molecular flexibility index (Phi) is 5.78. The normalized spacial score (nSPS) is 18.8. The van der Waals surface area contributed by atoms with Gasteiger partial charge in [-0.3, -0.25) is 9.69 Å². The van der Waals surface area contributed by atoms with E-state index in [-0.39, 0.29) is 22.9 Å². The predicted molar refractivity (Wildman–Crippen MR) is 116 cm³/mol. The van der Waals surface area contributed by atoms with E-state index in [1.165, 1.54) is 23.1 Å². The Balaban J connectivity index is 1.90. The van der Waals surface area contributed by atoms with Gasteiger partial charge in [0, 0.05) is 22.7 Å². The van der Waals surface area contributed by atoms with E-state index in [0.717, 1.165) is 5.70 Å². The first-order valence-electron chi connectivity index (χ1n) is 9.10. The first-order chi connectivity index (χ1) is 14.6. The Hall–Kier alpha value is -2.85. The molecule has 2 N–H and O–H groups in total. The Labute approximate surface area is 186 Å². The number of anilines is 1. The van der Waals surface area contributed by atoms with Gasteiger partial charge in [0.2, 0.25) is 5.13 Å².